The third kappa shape index (κ3) is 2.90. The van der Waals surface area contributed by atoms with E-state index in [1.165, 1.54) is 23.0 Å². The molecule has 0 atom stereocenters. The zero-order chi connectivity index (χ0) is 14.9. The average Bonchev–Trinajstić information content (AvgIpc) is 2.67. The van der Waals surface area contributed by atoms with Crippen molar-refractivity contribution in [2.75, 3.05) is 5.73 Å². The molecule has 6 nitrogen and oxygen atoms in total. The first-order chi connectivity index (χ1) is 9.33. The summed E-state index contributed by atoms with van der Waals surface area (Å²) in [6, 6.07) is 4.49. The molecule has 0 unspecified atom stereocenters. The summed E-state index contributed by atoms with van der Waals surface area (Å²) in [5, 5.41) is 4.05. The summed E-state index contributed by atoms with van der Waals surface area (Å²) in [7, 11) is -2.17. The fourth-order valence-electron chi connectivity index (χ4n) is 1.61. The number of rotatable bonds is 4. The highest BCUT2D eigenvalue weighted by Gasteiger charge is 2.21. The predicted molar refractivity (Wildman–Crippen MR) is 78.1 cm³/mol. The van der Waals surface area contributed by atoms with Gasteiger partial charge < -0.3 is 5.73 Å². The minimum absolute atomic E-state index is 0.00353. The van der Waals surface area contributed by atoms with E-state index in [2.05, 4.69) is 9.82 Å². The minimum Gasteiger partial charge on any atom is -0.384 e. The topological polar surface area (TPSA) is 90.0 Å². The molecule has 0 fully saturated rings. The standard InChI is InChI=1S/C11H12Cl2N4O2S/c1-17-11(14)7(5-15-17)6-16-20(18,19)10-8(12)3-2-4-9(10)13/h2-5,16H,6,14H2,1H3. The van der Waals surface area contributed by atoms with E-state index >= 15 is 0 Å². The maximum Gasteiger partial charge on any atom is 0.243 e. The van der Waals surface area contributed by atoms with Crippen molar-refractivity contribution in [3.8, 4) is 0 Å². The van der Waals surface area contributed by atoms with E-state index in [9.17, 15) is 8.42 Å². The number of anilines is 1. The number of benzene rings is 1. The highest BCUT2D eigenvalue weighted by molar-refractivity contribution is 7.89. The van der Waals surface area contributed by atoms with Crippen LogP contribution in [-0.2, 0) is 23.6 Å². The molecule has 0 aliphatic heterocycles. The van der Waals surface area contributed by atoms with Gasteiger partial charge in [0.15, 0.2) is 0 Å². The van der Waals surface area contributed by atoms with Gasteiger partial charge in [0, 0.05) is 19.2 Å². The molecule has 0 aliphatic carbocycles. The normalized spacial score (nSPS) is 11.8. The number of nitrogens with one attached hydrogen (secondary N) is 1. The molecule has 9 heteroatoms. The Balaban J connectivity index is 2.26. The number of aromatic nitrogens is 2. The maximum atomic E-state index is 12.2. The highest BCUT2D eigenvalue weighted by Crippen LogP contribution is 2.28. The molecule has 3 N–H and O–H groups in total. The molecule has 1 aromatic carbocycles. The Morgan fingerprint density at radius 3 is 2.45 bits per heavy atom. The molecule has 1 aromatic heterocycles. The largest absolute Gasteiger partial charge is 0.384 e. The molecule has 0 aliphatic rings. The molecule has 20 heavy (non-hydrogen) atoms. The van der Waals surface area contributed by atoms with Crippen LogP contribution in [0.4, 0.5) is 5.82 Å². The fourth-order valence-corrected chi connectivity index (χ4v) is 3.76. The van der Waals surface area contributed by atoms with Crippen molar-refractivity contribution < 1.29 is 8.42 Å². The Hall–Kier alpha value is -1.28. The Kier molecular flexibility index (Phi) is 4.24. The second-order valence-corrected chi connectivity index (χ2v) is 6.57. The van der Waals surface area contributed by atoms with Crippen LogP contribution in [0.5, 0.6) is 0 Å². The number of nitrogens with two attached hydrogens (primary N) is 1. The lowest BCUT2D eigenvalue weighted by atomic mass is 10.3. The third-order valence-electron chi connectivity index (χ3n) is 2.70. The Morgan fingerprint density at radius 2 is 1.95 bits per heavy atom. The molecule has 0 saturated heterocycles. The molecule has 0 amide bonds. The SMILES string of the molecule is Cn1ncc(CNS(=O)(=O)c2c(Cl)cccc2Cl)c1N. The first kappa shape index (κ1) is 15.1. The number of hydrogen-bond donors (Lipinski definition) is 2. The van der Waals surface area contributed by atoms with Crippen molar-refractivity contribution in [1.29, 1.82) is 0 Å². The molecule has 108 valence electrons. The second kappa shape index (κ2) is 5.61. The summed E-state index contributed by atoms with van der Waals surface area (Å²) in [5.74, 6) is 0.387. The molecular formula is C11H12Cl2N4O2S. The van der Waals surface area contributed by atoms with E-state index in [1.807, 2.05) is 0 Å². The number of halogens is 2. The van der Waals surface area contributed by atoms with Gasteiger partial charge in [-0.2, -0.15) is 5.10 Å². The zero-order valence-corrected chi connectivity index (χ0v) is 12.8. The number of sulfonamides is 1. The van der Waals surface area contributed by atoms with Gasteiger partial charge in [-0.1, -0.05) is 29.3 Å². The van der Waals surface area contributed by atoms with E-state index in [-0.39, 0.29) is 21.5 Å². The van der Waals surface area contributed by atoms with E-state index in [0.29, 0.717) is 11.4 Å². The third-order valence-corrected chi connectivity index (χ3v) is 5.06. The summed E-state index contributed by atoms with van der Waals surface area (Å²) in [5.41, 5.74) is 6.31. The molecule has 1 heterocycles. The van der Waals surface area contributed by atoms with Crippen LogP contribution in [0.3, 0.4) is 0 Å². The van der Waals surface area contributed by atoms with Crippen LogP contribution >= 0.6 is 23.2 Å². The van der Waals surface area contributed by atoms with Crippen LogP contribution in [0.25, 0.3) is 0 Å². The van der Waals surface area contributed by atoms with E-state index in [0.717, 1.165) is 0 Å². The molecular weight excluding hydrogens is 323 g/mol. The average molecular weight is 335 g/mol. The van der Waals surface area contributed by atoms with Crippen molar-refractivity contribution >= 4 is 39.0 Å². The molecule has 0 saturated carbocycles. The van der Waals surface area contributed by atoms with Crippen LogP contribution < -0.4 is 10.5 Å². The number of hydrogen-bond acceptors (Lipinski definition) is 4. The van der Waals surface area contributed by atoms with Crippen molar-refractivity contribution in [3.63, 3.8) is 0 Å². The first-order valence-electron chi connectivity index (χ1n) is 5.53. The van der Waals surface area contributed by atoms with Gasteiger partial charge >= 0.3 is 0 Å². The number of nitrogens with zero attached hydrogens (tertiary/aromatic N) is 2. The lowest BCUT2D eigenvalue weighted by Gasteiger charge is -2.09. The molecule has 0 radical (unpaired) electrons. The quantitative estimate of drug-likeness (QED) is 0.891. The minimum atomic E-state index is -3.83. The maximum absolute atomic E-state index is 12.2. The second-order valence-electron chi connectivity index (χ2n) is 4.05. The zero-order valence-electron chi connectivity index (χ0n) is 10.5. The predicted octanol–water partition coefficient (Wildman–Crippen LogP) is 1.79. The van der Waals surface area contributed by atoms with Gasteiger partial charge in [-0.05, 0) is 12.1 Å². The van der Waals surface area contributed by atoms with Crippen molar-refractivity contribution in [3.05, 3.63) is 40.0 Å². The fraction of sp³-hybridized carbons (Fsp3) is 0.182. The summed E-state index contributed by atoms with van der Waals surface area (Å²) in [6.07, 6.45) is 1.49. The van der Waals surface area contributed by atoms with E-state index in [4.69, 9.17) is 28.9 Å². The molecule has 0 spiro atoms. The van der Waals surface area contributed by atoms with E-state index in [1.54, 1.807) is 13.1 Å². The van der Waals surface area contributed by atoms with Gasteiger partial charge in [-0.3, -0.25) is 4.68 Å². The van der Waals surface area contributed by atoms with Gasteiger partial charge in [0.1, 0.15) is 10.7 Å². The summed E-state index contributed by atoms with van der Waals surface area (Å²) < 4.78 is 28.3. The highest BCUT2D eigenvalue weighted by atomic mass is 35.5. The summed E-state index contributed by atoms with van der Waals surface area (Å²) in [6.45, 7) is 0.00353. The van der Waals surface area contributed by atoms with Gasteiger partial charge in [-0.25, -0.2) is 13.1 Å². The Labute approximate surface area is 126 Å². The number of nitrogen functional groups attached to an aromatic ring is 1. The van der Waals surface area contributed by atoms with Crippen molar-refractivity contribution in [1.82, 2.24) is 14.5 Å². The van der Waals surface area contributed by atoms with Crippen LogP contribution in [0.2, 0.25) is 10.0 Å². The van der Waals surface area contributed by atoms with E-state index < -0.39 is 10.0 Å². The Bertz CT molecular complexity index is 723. The Morgan fingerprint density at radius 1 is 1.35 bits per heavy atom. The lowest BCUT2D eigenvalue weighted by Crippen LogP contribution is -2.24. The van der Waals surface area contributed by atoms with Crippen molar-refractivity contribution in [2.24, 2.45) is 7.05 Å². The van der Waals surface area contributed by atoms with Crippen LogP contribution in [-0.4, -0.2) is 18.2 Å². The smallest absolute Gasteiger partial charge is 0.243 e. The van der Waals surface area contributed by atoms with Gasteiger partial charge in [0.2, 0.25) is 10.0 Å². The molecule has 2 aromatic rings. The first-order valence-corrected chi connectivity index (χ1v) is 7.77. The van der Waals surface area contributed by atoms with Crippen molar-refractivity contribution in [2.45, 2.75) is 11.4 Å². The summed E-state index contributed by atoms with van der Waals surface area (Å²) in [4.78, 5) is -0.147. The molecule has 2 rings (SSSR count). The van der Waals surface area contributed by atoms with Crippen LogP contribution in [0.15, 0.2) is 29.3 Å². The monoisotopic (exact) mass is 334 g/mol. The molecule has 0 bridgehead atoms. The van der Waals surface area contributed by atoms with Gasteiger partial charge in [0.25, 0.3) is 0 Å². The number of aryl methyl sites for hydroxylation is 1. The van der Waals surface area contributed by atoms with Gasteiger partial charge in [-0.15, -0.1) is 0 Å². The van der Waals surface area contributed by atoms with Crippen LogP contribution in [0, 0.1) is 0 Å². The lowest BCUT2D eigenvalue weighted by molar-refractivity contribution is 0.581. The van der Waals surface area contributed by atoms with Gasteiger partial charge in [0.05, 0.1) is 16.2 Å². The summed E-state index contributed by atoms with van der Waals surface area (Å²) >= 11 is 11.8. The van der Waals surface area contributed by atoms with Crippen LogP contribution in [0.1, 0.15) is 5.56 Å².